The highest BCUT2D eigenvalue weighted by Crippen LogP contribution is 2.36. The third-order valence-electron chi connectivity index (χ3n) is 6.07. The molecule has 3 aromatic rings. The van der Waals surface area contributed by atoms with Crippen LogP contribution in [0.25, 0.3) is 0 Å². The first-order chi connectivity index (χ1) is 16.4. The first-order valence-electron chi connectivity index (χ1n) is 11.4. The Labute approximate surface area is 206 Å². The van der Waals surface area contributed by atoms with Gasteiger partial charge in [-0.2, -0.15) is 0 Å². The van der Waals surface area contributed by atoms with Crippen LogP contribution in [0.1, 0.15) is 31.4 Å². The molecule has 180 valence electrons. The number of halogens is 1. The van der Waals surface area contributed by atoms with Crippen LogP contribution in [0.2, 0.25) is 5.02 Å². The van der Waals surface area contributed by atoms with Crippen molar-refractivity contribution in [3.05, 3.63) is 83.4 Å². The van der Waals surface area contributed by atoms with E-state index >= 15 is 0 Å². The number of benzene rings is 3. The molecule has 1 saturated heterocycles. The molecule has 1 unspecified atom stereocenters. The zero-order chi connectivity index (χ0) is 24.1. The third-order valence-corrected chi connectivity index (χ3v) is 8.47. The highest BCUT2D eigenvalue weighted by atomic mass is 35.5. The number of hydrogen-bond acceptors (Lipinski definition) is 5. The van der Waals surface area contributed by atoms with E-state index in [2.05, 4.69) is 4.90 Å². The summed E-state index contributed by atoms with van der Waals surface area (Å²) in [5.41, 5.74) is 1.23. The van der Waals surface area contributed by atoms with Crippen molar-refractivity contribution >= 4 is 27.3 Å². The Morgan fingerprint density at radius 1 is 1.00 bits per heavy atom. The largest absolute Gasteiger partial charge is 0.508 e. The zero-order valence-corrected chi connectivity index (χ0v) is 20.7. The van der Waals surface area contributed by atoms with E-state index in [4.69, 9.17) is 16.3 Å². The molecule has 4 rings (SSSR count). The van der Waals surface area contributed by atoms with Gasteiger partial charge in [-0.1, -0.05) is 35.9 Å². The second-order valence-electron chi connectivity index (χ2n) is 8.39. The molecule has 0 radical (unpaired) electrons. The summed E-state index contributed by atoms with van der Waals surface area (Å²) in [4.78, 5) is 2.42. The fourth-order valence-electron chi connectivity index (χ4n) is 4.21. The molecule has 1 heterocycles. The van der Waals surface area contributed by atoms with E-state index in [0.717, 1.165) is 25.2 Å². The average molecular weight is 501 g/mol. The van der Waals surface area contributed by atoms with Crippen molar-refractivity contribution in [2.24, 2.45) is 0 Å². The molecule has 0 aliphatic carbocycles. The number of rotatable bonds is 9. The Hall–Kier alpha value is -2.74. The van der Waals surface area contributed by atoms with Gasteiger partial charge in [-0.05, 0) is 86.9 Å². The lowest BCUT2D eigenvalue weighted by molar-refractivity contribution is 0.238. The SMILES string of the molecule is CC(c1ccc(O)cc1)N(c1ccc(OCCN2CCCC2)cc1)S(=O)(=O)c1ccccc1Cl. The van der Waals surface area contributed by atoms with Gasteiger partial charge in [-0.3, -0.25) is 9.21 Å². The molecule has 1 N–H and O–H groups in total. The summed E-state index contributed by atoms with van der Waals surface area (Å²) in [6.07, 6.45) is 2.48. The minimum absolute atomic E-state index is 0.0354. The van der Waals surface area contributed by atoms with Crippen molar-refractivity contribution in [3.8, 4) is 11.5 Å². The van der Waals surface area contributed by atoms with E-state index < -0.39 is 16.1 Å². The molecule has 0 aromatic heterocycles. The second kappa shape index (κ2) is 10.7. The van der Waals surface area contributed by atoms with Crippen LogP contribution in [-0.2, 0) is 10.0 Å². The molecule has 8 heteroatoms. The lowest BCUT2D eigenvalue weighted by Crippen LogP contribution is -2.34. The predicted molar refractivity (Wildman–Crippen MR) is 135 cm³/mol. The lowest BCUT2D eigenvalue weighted by Gasteiger charge is -2.31. The second-order valence-corrected chi connectivity index (χ2v) is 10.6. The van der Waals surface area contributed by atoms with Gasteiger partial charge in [0.05, 0.1) is 16.8 Å². The minimum Gasteiger partial charge on any atom is -0.508 e. The van der Waals surface area contributed by atoms with Gasteiger partial charge in [0.25, 0.3) is 10.0 Å². The van der Waals surface area contributed by atoms with Gasteiger partial charge in [0, 0.05) is 6.54 Å². The molecule has 0 bridgehead atoms. The number of ether oxygens (including phenoxy) is 1. The van der Waals surface area contributed by atoms with Gasteiger partial charge in [0.1, 0.15) is 23.0 Å². The first kappa shape index (κ1) is 24.4. The molecule has 1 aliphatic heterocycles. The molecule has 0 saturated carbocycles. The fourth-order valence-corrected chi connectivity index (χ4v) is 6.35. The Balaban J connectivity index is 1.62. The van der Waals surface area contributed by atoms with Crippen molar-refractivity contribution in [1.82, 2.24) is 4.90 Å². The van der Waals surface area contributed by atoms with Crippen LogP contribution in [-0.4, -0.2) is 44.7 Å². The Kier molecular flexibility index (Phi) is 7.66. The van der Waals surface area contributed by atoms with Crippen molar-refractivity contribution in [2.75, 3.05) is 30.5 Å². The van der Waals surface area contributed by atoms with E-state index in [1.165, 1.54) is 23.2 Å². The zero-order valence-electron chi connectivity index (χ0n) is 19.1. The van der Waals surface area contributed by atoms with Crippen LogP contribution in [0.15, 0.2) is 77.7 Å². The van der Waals surface area contributed by atoms with Gasteiger partial charge in [0.2, 0.25) is 0 Å². The summed E-state index contributed by atoms with van der Waals surface area (Å²) >= 11 is 6.29. The monoisotopic (exact) mass is 500 g/mol. The van der Waals surface area contributed by atoms with Crippen LogP contribution >= 0.6 is 11.6 Å². The van der Waals surface area contributed by atoms with Gasteiger partial charge in [-0.25, -0.2) is 8.42 Å². The van der Waals surface area contributed by atoms with Gasteiger partial charge < -0.3 is 9.84 Å². The van der Waals surface area contributed by atoms with E-state index in [9.17, 15) is 13.5 Å². The van der Waals surface area contributed by atoms with Crippen LogP contribution in [0.4, 0.5) is 5.69 Å². The van der Waals surface area contributed by atoms with Gasteiger partial charge >= 0.3 is 0 Å². The predicted octanol–water partition coefficient (Wildman–Crippen LogP) is 5.48. The van der Waals surface area contributed by atoms with Crippen LogP contribution < -0.4 is 9.04 Å². The van der Waals surface area contributed by atoms with Crippen molar-refractivity contribution in [1.29, 1.82) is 0 Å². The van der Waals surface area contributed by atoms with E-state index in [0.29, 0.717) is 18.0 Å². The van der Waals surface area contributed by atoms with Crippen molar-refractivity contribution in [3.63, 3.8) is 0 Å². The van der Waals surface area contributed by atoms with Crippen LogP contribution in [0.5, 0.6) is 11.5 Å². The van der Waals surface area contributed by atoms with E-state index in [1.54, 1.807) is 73.7 Å². The Morgan fingerprint density at radius 3 is 2.29 bits per heavy atom. The van der Waals surface area contributed by atoms with E-state index in [1.807, 2.05) is 0 Å². The Morgan fingerprint density at radius 2 is 1.65 bits per heavy atom. The molecule has 1 aliphatic rings. The normalized spacial score (nSPS) is 15.2. The smallest absolute Gasteiger partial charge is 0.266 e. The summed E-state index contributed by atoms with van der Waals surface area (Å²) in [6, 6.07) is 19.5. The highest BCUT2D eigenvalue weighted by molar-refractivity contribution is 7.93. The maximum Gasteiger partial charge on any atom is 0.266 e. The number of hydrogen-bond donors (Lipinski definition) is 1. The molecular formula is C26H29ClN2O4S. The Bertz CT molecular complexity index is 1190. The topological polar surface area (TPSA) is 70.1 Å². The van der Waals surface area contributed by atoms with E-state index in [-0.39, 0.29) is 15.7 Å². The molecule has 34 heavy (non-hydrogen) atoms. The molecule has 0 spiro atoms. The maximum absolute atomic E-state index is 13.8. The first-order valence-corrected chi connectivity index (χ1v) is 13.2. The summed E-state index contributed by atoms with van der Waals surface area (Å²) in [5, 5.41) is 9.83. The summed E-state index contributed by atoms with van der Waals surface area (Å²) in [5.74, 6) is 0.808. The summed E-state index contributed by atoms with van der Waals surface area (Å²) < 4.78 is 34.8. The molecule has 0 amide bonds. The van der Waals surface area contributed by atoms with Crippen LogP contribution in [0, 0.1) is 0 Å². The van der Waals surface area contributed by atoms with Crippen molar-refractivity contribution in [2.45, 2.75) is 30.7 Å². The quantitative estimate of drug-likeness (QED) is 0.421. The number of sulfonamides is 1. The van der Waals surface area contributed by atoms with Gasteiger partial charge in [-0.15, -0.1) is 0 Å². The minimum atomic E-state index is -3.99. The maximum atomic E-state index is 13.8. The number of likely N-dealkylation sites (tertiary alicyclic amines) is 1. The molecule has 1 atom stereocenters. The van der Waals surface area contributed by atoms with Crippen LogP contribution in [0.3, 0.4) is 0 Å². The molecule has 6 nitrogen and oxygen atoms in total. The third kappa shape index (κ3) is 5.49. The highest BCUT2D eigenvalue weighted by Gasteiger charge is 2.32. The summed E-state index contributed by atoms with van der Waals surface area (Å²) in [6.45, 7) is 5.51. The standard InChI is InChI=1S/C26H29ClN2O4S/c1-20(21-8-12-23(30)13-9-21)29(34(31,32)26-7-3-2-6-25(26)27)22-10-14-24(15-11-22)33-19-18-28-16-4-5-17-28/h2-3,6-15,20,30H,4-5,16-19H2,1H3. The fraction of sp³-hybridized carbons (Fsp3) is 0.308. The number of anilines is 1. The summed E-state index contributed by atoms with van der Waals surface area (Å²) in [7, 11) is -3.99. The average Bonchev–Trinajstić information content (AvgIpc) is 3.34. The lowest BCUT2D eigenvalue weighted by atomic mass is 10.1. The van der Waals surface area contributed by atoms with Crippen molar-refractivity contribution < 1.29 is 18.3 Å². The number of phenols is 1. The molecule has 3 aromatic carbocycles. The number of phenolic OH excluding ortho intramolecular Hbond substituents is 1. The molecular weight excluding hydrogens is 472 g/mol. The molecule has 1 fully saturated rings. The van der Waals surface area contributed by atoms with Gasteiger partial charge in [0.15, 0.2) is 0 Å². The number of aromatic hydroxyl groups is 1. The number of nitrogens with zero attached hydrogens (tertiary/aromatic N) is 2.